The van der Waals surface area contributed by atoms with Crippen molar-refractivity contribution in [1.29, 1.82) is 0 Å². The number of nitrogens with two attached hydrogens (primary N) is 1. The summed E-state index contributed by atoms with van der Waals surface area (Å²) in [4.78, 5) is 22.6. The molecule has 1 fully saturated rings. The summed E-state index contributed by atoms with van der Waals surface area (Å²) in [6.07, 6.45) is 6.63. The van der Waals surface area contributed by atoms with E-state index < -0.39 is 5.54 Å². The van der Waals surface area contributed by atoms with Gasteiger partial charge >= 0.3 is 0 Å². The first kappa shape index (κ1) is 19.8. The van der Waals surface area contributed by atoms with Crippen LogP contribution in [-0.4, -0.2) is 35.9 Å². The van der Waals surface area contributed by atoms with Gasteiger partial charge in [0.05, 0.1) is 5.54 Å². The van der Waals surface area contributed by atoms with Gasteiger partial charge in [0, 0.05) is 41.5 Å². The second-order valence-corrected chi connectivity index (χ2v) is 9.08. The molecule has 0 spiro atoms. The van der Waals surface area contributed by atoms with E-state index in [9.17, 15) is 4.79 Å². The van der Waals surface area contributed by atoms with Gasteiger partial charge in [0.2, 0.25) is 5.95 Å². The minimum Gasteiger partial charge on any atom is -0.319 e. The summed E-state index contributed by atoms with van der Waals surface area (Å²) in [5, 5.41) is 11.2. The van der Waals surface area contributed by atoms with Crippen LogP contribution in [0.1, 0.15) is 30.5 Å². The van der Waals surface area contributed by atoms with Gasteiger partial charge in [-0.1, -0.05) is 23.9 Å². The summed E-state index contributed by atoms with van der Waals surface area (Å²) in [5.74, 6) is 1.47. The molecule has 0 aliphatic heterocycles. The lowest BCUT2D eigenvalue weighted by molar-refractivity contribution is -0.126. The first-order valence-corrected chi connectivity index (χ1v) is 11.0. The average molecular weight is 434 g/mol. The van der Waals surface area contributed by atoms with E-state index in [0.29, 0.717) is 18.2 Å². The number of hydrogen-bond acceptors (Lipinski definition) is 7. The molecule has 8 nitrogen and oxygen atoms in total. The Morgan fingerprint density at radius 3 is 2.77 bits per heavy atom. The Morgan fingerprint density at radius 1 is 1.29 bits per heavy atom. The van der Waals surface area contributed by atoms with Gasteiger partial charge in [-0.25, -0.2) is 9.97 Å². The summed E-state index contributed by atoms with van der Waals surface area (Å²) >= 11 is 1.54. The maximum atomic E-state index is 12.4. The lowest BCUT2D eigenvalue weighted by Gasteiger charge is -2.36. The fourth-order valence-corrected chi connectivity index (χ4v) is 4.44. The maximum absolute atomic E-state index is 12.4. The highest BCUT2D eigenvalue weighted by atomic mass is 32.2. The Balaban J connectivity index is 1.33. The molecular weight excluding hydrogens is 410 g/mol. The van der Waals surface area contributed by atoms with Crippen LogP contribution in [0.2, 0.25) is 0 Å². The number of anilines is 2. The molecular formula is C22H23N7OS. The zero-order valence-corrected chi connectivity index (χ0v) is 17.9. The number of benzene rings is 1. The second-order valence-electron chi connectivity index (χ2n) is 7.99. The Hall–Kier alpha value is -3.17. The number of imidazole rings is 1. The van der Waals surface area contributed by atoms with Crippen molar-refractivity contribution in [2.24, 2.45) is 5.73 Å². The summed E-state index contributed by atoms with van der Waals surface area (Å²) in [6, 6.07) is 11.9. The van der Waals surface area contributed by atoms with E-state index in [0.717, 1.165) is 46.1 Å². The Kier molecular flexibility index (Phi) is 4.99. The molecule has 9 heteroatoms. The molecule has 31 heavy (non-hydrogen) atoms. The first-order chi connectivity index (χ1) is 15.0. The predicted octanol–water partition coefficient (Wildman–Crippen LogP) is 3.65. The van der Waals surface area contributed by atoms with Crippen molar-refractivity contribution in [3.8, 4) is 0 Å². The summed E-state index contributed by atoms with van der Waals surface area (Å²) in [6.45, 7) is 1.95. The predicted molar refractivity (Wildman–Crippen MR) is 120 cm³/mol. The fraction of sp³-hybridized carbons (Fsp3) is 0.273. The van der Waals surface area contributed by atoms with Crippen LogP contribution in [0.25, 0.3) is 5.65 Å². The molecule has 4 aromatic rings. The van der Waals surface area contributed by atoms with Crippen LogP contribution in [0.15, 0.2) is 58.7 Å². The second kappa shape index (κ2) is 7.82. The molecule has 1 aromatic carbocycles. The minimum atomic E-state index is -0.604. The van der Waals surface area contributed by atoms with E-state index in [-0.39, 0.29) is 5.78 Å². The standard InChI is InChI=1S/C22H23N7OS/c1-14-11-18(28-27-14)25-21-26-20(13-19-24-9-10-29(19)21)31-16-5-3-15(4-6-16)12-17(30)22(23)7-2-8-22/h3-6,9-11,13H,2,7-8,12,23H2,1H3,(H2,25,26,27,28). The van der Waals surface area contributed by atoms with Crippen molar-refractivity contribution in [3.63, 3.8) is 0 Å². The minimum absolute atomic E-state index is 0.134. The highest BCUT2D eigenvalue weighted by molar-refractivity contribution is 7.99. The van der Waals surface area contributed by atoms with Crippen molar-refractivity contribution >= 4 is 35.0 Å². The third-order valence-corrected chi connectivity index (χ3v) is 6.55. The van der Waals surface area contributed by atoms with Crippen LogP contribution >= 0.6 is 11.8 Å². The highest BCUT2D eigenvalue weighted by Gasteiger charge is 2.39. The van der Waals surface area contributed by atoms with Gasteiger partial charge < -0.3 is 11.1 Å². The van der Waals surface area contributed by atoms with Crippen LogP contribution in [0.4, 0.5) is 11.8 Å². The Labute approximate surface area is 183 Å². The number of carbonyl (C=O) groups excluding carboxylic acids is 1. The van der Waals surface area contributed by atoms with Crippen molar-refractivity contribution in [3.05, 3.63) is 60.0 Å². The van der Waals surface area contributed by atoms with Gasteiger partial charge in [-0.15, -0.1) is 0 Å². The molecule has 0 atom stereocenters. The summed E-state index contributed by atoms with van der Waals surface area (Å²) in [7, 11) is 0. The molecule has 3 heterocycles. The molecule has 3 aromatic heterocycles. The molecule has 0 bridgehead atoms. The smallest absolute Gasteiger partial charge is 0.215 e. The molecule has 1 saturated carbocycles. The van der Waals surface area contributed by atoms with Gasteiger partial charge in [0.25, 0.3) is 0 Å². The number of H-pyrrole nitrogens is 1. The van der Waals surface area contributed by atoms with E-state index in [1.54, 1.807) is 18.0 Å². The first-order valence-electron chi connectivity index (χ1n) is 10.2. The van der Waals surface area contributed by atoms with Crippen molar-refractivity contribution in [2.45, 2.75) is 48.1 Å². The van der Waals surface area contributed by atoms with E-state index in [2.05, 4.69) is 20.5 Å². The number of nitrogens with one attached hydrogen (secondary N) is 2. The zero-order valence-electron chi connectivity index (χ0n) is 17.1. The fourth-order valence-electron chi connectivity index (χ4n) is 3.63. The largest absolute Gasteiger partial charge is 0.319 e. The third kappa shape index (κ3) is 4.06. The molecule has 1 aliphatic rings. The number of ketones is 1. The van der Waals surface area contributed by atoms with E-state index in [1.165, 1.54) is 0 Å². The number of rotatable bonds is 7. The molecule has 158 valence electrons. The number of fused-ring (bicyclic) bond motifs is 1. The van der Waals surface area contributed by atoms with Crippen LogP contribution in [-0.2, 0) is 11.2 Å². The molecule has 0 saturated heterocycles. The van der Waals surface area contributed by atoms with Gasteiger partial charge in [0.1, 0.15) is 10.7 Å². The molecule has 5 rings (SSSR count). The Bertz CT molecular complexity index is 1240. The van der Waals surface area contributed by atoms with Gasteiger partial charge in [0.15, 0.2) is 11.6 Å². The molecule has 4 N–H and O–H groups in total. The number of aromatic amines is 1. The van der Waals surface area contributed by atoms with Crippen LogP contribution in [0.3, 0.4) is 0 Å². The number of nitrogens with zero attached hydrogens (tertiary/aromatic N) is 4. The van der Waals surface area contributed by atoms with Gasteiger partial charge in [-0.05, 0) is 43.9 Å². The molecule has 0 radical (unpaired) electrons. The van der Waals surface area contributed by atoms with E-state index in [1.807, 2.05) is 53.9 Å². The van der Waals surface area contributed by atoms with Crippen molar-refractivity contribution in [1.82, 2.24) is 24.6 Å². The number of aromatic nitrogens is 5. The third-order valence-electron chi connectivity index (χ3n) is 5.62. The highest BCUT2D eigenvalue weighted by Crippen LogP contribution is 2.32. The van der Waals surface area contributed by atoms with Crippen molar-refractivity contribution in [2.75, 3.05) is 5.32 Å². The van der Waals surface area contributed by atoms with E-state index in [4.69, 9.17) is 10.7 Å². The van der Waals surface area contributed by atoms with Crippen molar-refractivity contribution < 1.29 is 4.79 Å². The number of aryl methyl sites for hydroxylation is 1. The maximum Gasteiger partial charge on any atom is 0.215 e. The summed E-state index contributed by atoms with van der Waals surface area (Å²) < 4.78 is 1.88. The summed E-state index contributed by atoms with van der Waals surface area (Å²) in [5.41, 5.74) is 8.29. The number of hydrogen-bond donors (Lipinski definition) is 3. The van der Waals surface area contributed by atoms with Crippen LogP contribution in [0.5, 0.6) is 0 Å². The lowest BCUT2D eigenvalue weighted by Crippen LogP contribution is -2.54. The van der Waals surface area contributed by atoms with Crippen LogP contribution in [0, 0.1) is 6.92 Å². The normalized spacial score (nSPS) is 15.0. The molecule has 0 amide bonds. The van der Waals surface area contributed by atoms with E-state index >= 15 is 0 Å². The van der Waals surface area contributed by atoms with Gasteiger partial charge in [-0.2, -0.15) is 5.10 Å². The quantitative estimate of drug-likeness (QED) is 0.381. The zero-order chi connectivity index (χ0) is 21.4. The topological polar surface area (TPSA) is 114 Å². The monoisotopic (exact) mass is 433 g/mol. The van der Waals surface area contributed by atoms with Gasteiger partial charge in [-0.3, -0.25) is 14.3 Å². The Morgan fingerprint density at radius 2 is 2.10 bits per heavy atom. The lowest BCUT2D eigenvalue weighted by atomic mass is 9.73. The molecule has 0 unspecified atom stereocenters. The average Bonchev–Trinajstić information content (AvgIpc) is 3.36. The SMILES string of the molecule is Cc1cc(Nc2nc(Sc3ccc(CC(=O)C4(N)CCC4)cc3)cc3nccn23)n[nH]1. The van der Waals surface area contributed by atoms with Crippen LogP contribution < -0.4 is 11.1 Å². The molecule has 1 aliphatic carbocycles. The number of Topliss-reactive ketones (excluding diaryl/α,β-unsaturated/α-hetero) is 1. The number of carbonyl (C=O) groups is 1.